The number of hydrogen-bond donors (Lipinski definition) is 1. The molecule has 0 radical (unpaired) electrons. The Balaban J connectivity index is 2.79. The van der Waals surface area contributed by atoms with E-state index in [4.69, 9.17) is 5.11 Å². The fraction of sp³-hybridized carbons (Fsp3) is 0.300. The number of aliphatic hydroxyl groups is 1. The molecule has 0 aliphatic carbocycles. The first kappa shape index (κ1) is 8.94. The van der Waals surface area contributed by atoms with Crippen LogP contribution in [0.25, 0.3) is 0 Å². The number of rotatable bonds is 3. The van der Waals surface area contributed by atoms with Crippen LogP contribution in [0.15, 0.2) is 24.3 Å². The Labute approximate surface area is 71.8 Å². The van der Waals surface area contributed by atoms with Crippen molar-refractivity contribution in [2.45, 2.75) is 19.4 Å². The molecule has 0 fully saturated rings. The molecule has 0 amide bonds. The second-order valence-corrected chi connectivity index (χ2v) is 2.92. The number of carbonyl (C=O) groups is 1. The average molecular weight is 164 g/mol. The van der Waals surface area contributed by atoms with Crippen molar-refractivity contribution in [2.24, 2.45) is 0 Å². The topological polar surface area (TPSA) is 37.3 Å². The maximum Gasteiger partial charge on any atom is 0.150 e. The number of aliphatic hydroxyl groups excluding tert-OH is 1. The van der Waals surface area contributed by atoms with Crippen LogP contribution in [0.4, 0.5) is 0 Å². The lowest BCUT2D eigenvalue weighted by molar-refractivity contribution is 0.112. The Morgan fingerprint density at radius 1 is 1.58 bits per heavy atom. The summed E-state index contributed by atoms with van der Waals surface area (Å²) in [6, 6.07) is 7.26. The smallest absolute Gasteiger partial charge is 0.150 e. The zero-order chi connectivity index (χ0) is 8.97. The molecule has 0 unspecified atom stereocenters. The van der Waals surface area contributed by atoms with Crippen molar-refractivity contribution >= 4 is 6.29 Å². The van der Waals surface area contributed by atoms with E-state index in [9.17, 15) is 4.79 Å². The molecular formula is C10H12O2. The average Bonchev–Trinajstić information content (AvgIpc) is 2.03. The lowest BCUT2D eigenvalue weighted by atomic mass is 10.1. The zero-order valence-electron chi connectivity index (χ0n) is 7.03. The van der Waals surface area contributed by atoms with E-state index < -0.39 is 0 Å². The van der Waals surface area contributed by atoms with Crippen molar-refractivity contribution in [3.05, 3.63) is 35.4 Å². The Kier molecular flexibility index (Phi) is 3.00. The van der Waals surface area contributed by atoms with Gasteiger partial charge in [-0.1, -0.05) is 18.2 Å². The van der Waals surface area contributed by atoms with Gasteiger partial charge in [0.2, 0.25) is 0 Å². The van der Waals surface area contributed by atoms with Crippen molar-refractivity contribution in [1.29, 1.82) is 0 Å². The van der Waals surface area contributed by atoms with Gasteiger partial charge in [-0.15, -0.1) is 0 Å². The fourth-order valence-electron chi connectivity index (χ4n) is 1.13. The highest BCUT2D eigenvalue weighted by Gasteiger charge is 1.98. The van der Waals surface area contributed by atoms with Crippen LogP contribution in [0.3, 0.4) is 0 Å². The van der Waals surface area contributed by atoms with Crippen LogP contribution < -0.4 is 0 Å². The minimum Gasteiger partial charge on any atom is -0.393 e. The van der Waals surface area contributed by atoms with Gasteiger partial charge < -0.3 is 5.11 Å². The highest BCUT2D eigenvalue weighted by atomic mass is 16.3. The molecule has 0 bridgehead atoms. The molecule has 1 N–H and O–H groups in total. The summed E-state index contributed by atoms with van der Waals surface area (Å²) in [5.41, 5.74) is 1.66. The first-order valence-electron chi connectivity index (χ1n) is 3.94. The summed E-state index contributed by atoms with van der Waals surface area (Å²) in [7, 11) is 0. The molecule has 0 aromatic heterocycles. The minimum atomic E-state index is -0.355. The van der Waals surface area contributed by atoms with Crippen molar-refractivity contribution < 1.29 is 9.90 Å². The summed E-state index contributed by atoms with van der Waals surface area (Å²) < 4.78 is 0. The predicted molar refractivity (Wildman–Crippen MR) is 47.2 cm³/mol. The summed E-state index contributed by atoms with van der Waals surface area (Å²) in [6.07, 6.45) is 1.06. The van der Waals surface area contributed by atoms with E-state index in [0.717, 1.165) is 11.8 Å². The summed E-state index contributed by atoms with van der Waals surface area (Å²) in [5.74, 6) is 0. The second-order valence-electron chi connectivity index (χ2n) is 2.92. The molecule has 0 saturated heterocycles. The monoisotopic (exact) mass is 164 g/mol. The van der Waals surface area contributed by atoms with Crippen LogP contribution in [0, 0.1) is 0 Å². The van der Waals surface area contributed by atoms with E-state index in [0.29, 0.717) is 12.0 Å². The number of carbonyl (C=O) groups excluding carboxylic acids is 1. The van der Waals surface area contributed by atoms with Crippen molar-refractivity contribution in [1.82, 2.24) is 0 Å². The molecule has 1 atom stereocenters. The van der Waals surface area contributed by atoms with Crippen LogP contribution in [0.2, 0.25) is 0 Å². The molecule has 0 aliphatic rings. The van der Waals surface area contributed by atoms with Gasteiger partial charge in [0.15, 0.2) is 0 Å². The molecule has 1 rings (SSSR count). The molecule has 0 spiro atoms. The largest absolute Gasteiger partial charge is 0.393 e. The van der Waals surface area contributed by atoms with E-state index in [1.165, 1.54) is 0 Å². The second kappa shape index (κ2) is 4.02. The molecule has 1 aromatic carbocycles. The van der Waals surface area contributed by atoms with Crippen LogP contribution in [-0.2, 0) is 6.42 Å². The molecule has 64 valence electrons. The van der Waals surface area contributed by atoms with Gasteiger partial charge >= 0.3 is 0 Å². The molecule has 2 nitrogen and oxygen atoms in total. The molecule has 0 saturated carbocycles. The third-order valence-corrected chi connectivity index (χ3v) is 1.62. The Morgan fingerprint density at radius 2 is 2.33 bits per heavy atom. The van der Waals surface area contributed by atoms with Gasteiger partial charge in [-0.25, -0.2) is 0 Å². The van der Waals surface area contributed by atoms with Gasteiger partial charge in [0.05, 0.1) is 6.10 Å². The van der Waals surface area contributed by atoms with Crippen molar-refractivity contribution in [3.63, 3.8) is 0 Å². The van der Waals surface area contributed by atoms with Gasteiger partial charge in [0.1, 0.15) is 6.29 Å². The van der Waals surface area contributed by atoms with E-state index >= 15 is 0 Å². The normalized spacial score (nSPS) is 12.5. The van der Waals surface area contributed by atoms with E-state index in [-0.39, 0.29) is 6.10 Å². The number of benzene rings is 1. The van der Waals surface area contributed by atoms with Gasteiger partial charge in [-0.05, 0) is 25.0 Å². The van der Waals surface area contributed by atoms with Gasteiger partial charge in [-0.2, -0.15) is 0 Å². The van der Waals surface area contributed by atoms with E-state index in [2.05, 4.69) is 0 Å². The molecular weight excluding hydrogens is 152 g/mol. The maximum atomic E-state index is 10.4. The Bertz CT molecular complexity index is 266. The molecule has 0 heterocycles. The SMILES string of the molecule is C[C@@H](O)Cc1cccc(C=O)c1. The van der Waals surface area contributed by atoms with Gasteiger partial charge in [-0.3, -0.25) is 4.79 Å². The minimum absolute atomic E-state index is 0.355. The van der Waals surface area contributed by atoms with Gasteiger partial charge in [0.25, 0.3) is 0 Å². The molecule has 2 heteroatoms. The molecule has 0 aliphatic heterocycles. The van der Waals surface area contributed by atoms with Crippen LogP contribution in [0.1, 0.15) is 22.8 Å². The summed E-state index contributed by atoms with van der Waals surface area (Å²) >= 11 is 0. The van der Waals surface area contributed by atoms with Gasteiger partial charge in [0, 0.05) is 5.56 Å². The lowest BCUT2D eigenvalue weighted by Crippen LogP contribution is -2.04. The Morgan fingerprint density at radius 3 is 2.92 bits per heavy atom. The Hall–Kier alpha value is -1.15. The van der Waals surface area contributed by atoms with E-state index in [1.807, 2.05) is 12.1 Å². The van der Waals surface area contributed by atoms with E-state index in [1.54, 1.807) is 19.1 Å². The quantitative estimate of drug-likeness (QED) is 0.686. The predicted octanol–water partition coefficient (Wildman–Crippen LogP) is 1.42. The first-order valence-corrected chi connectivity index (χ1v) is 3.94. The van der Waals surface area contributed by atoms with Crippen LogP contribution >= 0.6 is 0 Å². The van der Waals surface area contributed by atoms with Crippen LogP contribution in [0.5, 0.6) is 0 Å². The highest BCUT2D eigenvalue weighted by Crippen LogP contribution is 2.05. The third kappa shape index (κ3) is 2.47. The molecule has 1 aromatic rings. The van der Waals surface area contributed by atoms with Crippen LogP contribution in [-0.4, -0.2) is 17.5 Å². The molecule has 12 heavy (non-hydrogen) atoms. The third-order valence-electron chi connectivity index (χ3n) is 1.62. The zero-order valence-corrected chi connectivity index (χ0v) is 7.03. The standard InChI is InChI=1S/C10H12O2/c1-8(12)5-9-3-2-4-10(6-9)7-11/h2-4,6-8,12H,5H2,1H3/t8-/m1/s1. The number of hydrogen-bond acceptors (Lipinski definition) is 2. The highest BCUT2D eigenvalue weighted by molar-refractivity contribution is 5.74. The maximum absolute atomic E-state index is 10.4. The fourth-order valence-corrected chi connectivity index (χ4v) is 1.13. The van der Waals surface area contributed by atoms with Crippen molar-refractivity contribution in [2.75, 3.05) is 0 Å². The summed E-state index contributed by atoms with van der Waals surface area (Å²) in [6.45, 7) is 1.73. The summed E-state index contributed by atoms with van der Waals surface area (Å²) in [5, 5.41) is 9.08. The lowest BCUT2D eigenvalue weighted by Gasteiger charge is -2.03. The summed E-state index contributed by atoms with van der Waals surface area (Å²) in [4.78, 5) is 10.4. The number of aldehydes is 1. The first-order chi connectivity index (χ1) is 5.72. The van der Waals surface area contributed by atoms with Crippen molar-refractivity contribution in [3.8, 4) is 0 Å².